The highest BCUT2D eigenvalue weighted by Crippen LogP contribution is 2.49. The molecular weight excluding hydrogens is 831 g/mol. The Kier molecular flexibility index (Phi) is 11.6. The first kappa shape index (κ1) is 42.2. The van der Waals surface area contributed by atoms with Crippen molar-refractivity contribution >= 4 is 52.8 Å². The number of para-hydroxylation sites is 1. The van der Waals surface area contributed by atoms with Gasteiger partial charge in [-0.25, -0.2) is 4.98 Å². The summed E-state index contributed by atoms with van der Waals surface area (Å²) in [6, 6.07) is 18.3. The minimum Gasteiger partial charge on any atom is -0.499 e. The topological polar surface area (TPSA) is 280 Å². The third kappa shape index (κ3) is 7.79. The first-order valence-corrected chi connectivity index (χ1v) is 20.3. The Bertz CT molecular complexity index is 2680. The van der Waals surface area contributed by atoms with Gasteiger partial charge in [-0.1, -0.05) is 42.5 Å². The molecule has 7 atom stereocenters. The zero-order valence-corrected chi connectivity index (χ0v) is 33.9. The van der Waals surface area contributed by atoms with Crippen LogP contribution < -0.4 is 25.8 Å². The molecule has 1 aromatic heterocycles. The minimum absolute atomic E-state index is 0.00967. The molecule has 0 saturated carbocycles. The molecular formula is C45H41N7O12. The molecule has 1 amide bonds. The van der Waals surface area contributed by atoms with E-state index < -0.39 is 66.8 Å². The molecule has 1 saturated heterocycles. The Morgan fingerprint density at radius 2 is 1.72 bits per heavy atom. The largest absolute Gasteiger partial charge is 0.499 e. The molecule has 64 heavy (non-hydrogen) atoms. The number of allylic oxidation sites excluding steroid dienone is 1. The third-order valence-electron chi connectivity index (χ3n) is 11.4. The summed E-state index contributed by atoms with van der Waals surface area (Å²) in [5.74, 6) is -2.95. The molecule has 5 heterocycles. The zero-order valence-electron chi connectivity index (χ0n) is 33.9. The van der Waals surface area contributed by atoms with Crippen molar-refractivity contribution in [1.29, 1.82) is 0 Å². The van der Waals surface area contributed by atoms with Gasteiger partial charge in [0.2, 0.25) is 12.2 Å². The van der Waals surface area contributed by atoms with Crippen LogP contribution in [0.3, 0.4) is 0 Å². The number of nitrogens with zero attached hydrogens (tertiary/aromatic N) is 5. The smallest absolute Gasteiger partial charge is 0.302 e. The molecule has 4 aliphatic heterocycles. The van der Waals surface area contributed by atoms with Gasteiger partial charge < -0.3 is 60.2 Å². The van der Waals surface area contributed by atoms with Gasteiger partial charge in [0.15, 0.2) is 34.6 Å². The van der Waals surface area contributed by atoms with Crippen LogP contribution in [0.15, 0.2) is 100 Å². The lowest BCUT2D eigenvalue weighted by atomic mass is 9.79. The van der Waals surface area contributed by atoms with Gasteiger partial charge in [0.05, 0.1) is 24.5 Å². The number of amidine groups is 1. The number of carbonyl (C=O) groups is 4. The van der Waals surface area contributed by atoms with Gasteiger partial charge in [-0.05, 0) is 47.9 Å². The summed E-state index contributed by atoms with van der Waals surface area (Å²) in [5, 5.41) is 33.9. The van der Waals surface area contributed by atoms with Crippen molar-refractivity contribution in [2.24, 2.45) is 20.7 Å². The van der Waals surface area contributed by atoms with Crippen LogP contribution in [0, 0.1) is 0 Å². The number of benzene rings is 3. The van der Waals surface area contributed by atoms with Crippen molar-refractivity contribution < 1.29 is 58.2 Å². The third-order valence-corrected chi connectivity index (χ3v) is 11.4. The van der Waals surface area contributed by atoms with Crippen LogP contribution in [0.1, 0.15) is 60.9 Å². The van der Waals surface area contributed by atoms with Crippen molar-refractivity contribution in [2.45, 2.75) is 55.6 Å². The number of pyridine rings is 1. The second kappa shape index (κ2) is 17.5. The number of ether oxygens (including phenoxy) is 5. The van der Waals surface area contributed by atoms with Gasteiger partial charge in [0.1, 0.15) is 56.4 Å². The monoisotopic (exact) mass is 871 g/mol. The molecule has 0 unspecified atom stereocenters. The minimum atomic E-state index is -1.61. The number of guanidine groups is 1. The maximum absolute atomic E-state index is 14.6. The summed E-state index contributed by atoms with van der Waals surface area (Å²) in [5.41, 5.74) is 13.8. The normalized spacial score (nSPS) is 24.5. The number of aromatic nitrogens is 1. The average molecular weight is 872 g/mol. The summed E-state index contributed by atoms with van der Waals surface area (Å²) in [7, 11) is 0. The van der Waals surface area contributed by atoms with Crippen LogP contribution in [0.4, 0.5) is 11.5 Å². The number of amides is 1. The van der Waals surface area contributed by atoms with E-state index in [0.717, 1.165) is 5.56 Å². The molecule has 5 aliphatic rings. The van der Waals surface area contributed by atoms with Crippen LogP contribution in [0.5, 0.6) is 11.5 Å². The summed E-state index contributed by atoms with van der Waals surface area (Å²) in [6.07, 6.45) is -3.51. The molecule has 1 fully saturated rings. The summed E-state index contributed by atoms with van der Waals surface area (Å²) in [4.78, 5) is 71.7. The van der Waals surface area contributed by atoms with Crippen LogP contribution in [-0.4, -0.2) is 125 Å². The Morgan fingerprint density at radius 1 is 0.938 bits per heavy atom. The molecule has 2 bridgehead atoms. The van der Waals surface area contributed by atoms with E-state index in [1.54, 1.807) is 65.7 Å². The van der Waals surface area contributed by atoms with E-state index in [-0.39, 0.29) is 83.1 Å². The zero-order chi connectivity index (χ0) is 44.6. The fourth-order valence-corrected chi connectivity index (χ4v) is 8.29. The molecule has 9 rings (SSSR count). The predicted octanol–water partition coefficient (Wildman–Crippen LogP) is 1.37. The standard InChI is InChI=1S/C45H41N7O12/c46-32-17-22(9-13-48-32)11-16-61-41-38(58)37(57)31-20-60-15-12-24(25-5-3-4-8-30(25)52-21-49-34-42(52)50-45(47)51-43(34)59)28-18-29-33(36(56)27-7-2-1-6-26(27)35(29)55)40(39(28)64-44(41)63-31)62-19-23(54)10-14-53/h1-9,12-15,17-18,23-24,31,37-38,41,44,54,57-58H,10-11,16,19-21H2,(H2,46,48)(H2,47,51,59)/b15-12-/t23-,24+,31+,37+,38-,41+,44-/m1/s1. The fourth-order valence-electron chi connectivity index (χ4n) is 8.29. The molecule has 7 N–H and O–H groups in total. The van der Waals surface area contributed by atoms with Crippen LogP contribution in [-0.2, 0) is 30.2 Å². The fraction of sp³-hybridized carbons (Fsp3) is 0.289. The van der Waals surface area contributed by atoms with Crippen LogP contribution >= 0.6 is 0 Å². The number of aliphatic hydroxyl groups excluding tert-OH is 3. The Balaban J connectivity index is 1.24. The van der Waals surface area contributed by atoms with Crippen molar-refractivity contribution in [2.75, 3.05) is 37.1 Å². The number of rotatable bonds is 11. The number of hydrogen-bond acceptors (Lipinski definition) is 18. The van der Waals surface area contributed by atoms with E-state index in [1.165, 1.54) is 24.5 Å². The quantitative estimate of drug-likeness (QED) is 0.117. The Labute approximate surface area is 364 Å². The molecule has 1 aliphatic carbocycles. The van der Waals surface area contributed by atoms with Gasteiger partial charge in [0.25, 0.3) is 0 Å². The van der Waals surface area contributed by atoms with Gasteiger partial charge in [0, 0.05) is 46.5 Å². The highest BCUT2D eigenvalue weighted by atomic mass is 16.7. The first-order valence-electron chi connectivity index (χ1n) is 20.3. The van der Waals surface area contributed by atoms with Gasteiger partial charge in [-0.2, -0.15) is 9.98 Å². The van der Waals surface area contributed by atoms with Gasteiger partial charge in [-0.15, -0.1) is 0 Å². The van der Waals surface area contributed by atoms with Crippen LogP contribution in [0.2, 0.25) is 0 Å². The number of ketones is 2. The number of aliphatic hydroxyl groups is 3. The molecule has 328 valence electrons. The van der Waals surface area contributed by atoms with Crippen molar-refractivity contribution in [1.82, 2.24) is 4.98 Å². The van der Waals surface area contributed by atoms with E-state index >= 15 is 0 Å². The van der Waals surface area contributed by atoms with Crippen molar-refractivity contribution in [3.05, 3.63) is 124 Å². The maximum atomic E-state index is 14.6. The molecule has 4 aromatic rings. The molecule has 3 aromatic carbocycles. The van der Waals surface area contributed by atoms with Crippen molar-refractivity contribution in [3.8, 4) is 11.5 Å². The number of hydrogen-bond donors (Lipinski definition) is 5. The number of nitrogens with two attached hydrogens (primary N) is 2. The van der Waals surface area contributed by atoms with Crippen LogP contribution in [0.25, 0.3) is 0 Å². The molecule has 19 nitrogen and oxygen atoms in total. The number of aliphatic imine (C=N–C) groups is 3. The van der Waals surface area contributed by atoms with E-state index in [2.05, 4.69) is 20.0 Å². The molecule has 0 spiro atoms. The number of fused-ring (bicyclic) bond motifs is 6. The Morgan fingerprint density at radius 3 is 2.52 bits per heavy atom. The van der Waals surface area contributed by atoms with Gasteiger partial charge >= 0.3 is 5.91 Å². The number of carbonyl (C=O) groups excluding carboxylic acids is 4. The number of anilines is 2. The second-order valence-corrected chi connectivity index (χ2v) is 15.4. The number of nitrogen functional groups attached to an aromatic ring is 1. The van der Waals surface area contributed by atoms with E-state index in [9.17, 15) is 34.5 Å². The van der Waals surface area contributed by atoms with E-state index in [4.69, 9.17) is 35.2 Å². The van der Waals surface area contributed by atoms with Crippen molar-refractivity contribution in [3.63, 3.8) is 0 Å². The number of aldehydes is 1. The highest BCUT2D eigenvalue weighted by Gasteiger charge is 2.49. The first-order chi connectivity index (χ1) is 31.0. The van der Waals surface area contributed by atoms with E-state index in [1.807, 2.05) is 0 Å². The lowest BCUT2D eigenvalue weighted by Crippen LogP contribution is -2.61. The Hall–Kier alpha value is -7.16. The van der Waals surface area contributed by atoms with E-state index in [0.29, 0.717) is 29.8 Å². The van der Waals surface area contributed by atoms with Gasteiger partial charge in [-0.3, -0.25) is 19.4 Å². The SMILES string of the molecule is NC1=NC(=O)C2=NCN(c3ccccc3[C@@H]3/C=C\OC[C@@H]4O[C@H](Oc5c3cc3c(c5OC[C@H](O)CC=O)C(=O)c5ccccc5C3=O)[C@@H](OCCc3ccnc(N)c3)[C@H](O)[C@H]4O)C2=N1. The summed E-state index contributed by atoms with van der Waals surface area (Å²) >= 11 is 0. The highest BCUT2D eigenvalue weighted by molar-refractivity contribution is 6.72. The lowest BCUT2D eigenvalue weighted by molar-refractivity contribution is -0.287. The lowest BCUT2D eigenvalue weighted by Gasteiger charge is -2.42. The predicted molar refractivity (Wildman–Crippen MR) is 228 cm³/mol. The molecule has 19 heteroatoms. The second-order valence-electron chi connectivity index (χ2n) is 15.4. The average Bonchev–Trinajstić information content (AvgIpc) is 3.70. The molecule has 0 radical (unpaired) electrons. The maximum Gasteiger partial charge on any atom is 0.302 e. The summed E-state index contributed by atoms with van der Waals surface area (Å²) < 4.78 is 31.7. The summed E-state index contributed by atoms with van der Waals surface area (Å²) in [6.45, 7) is -0.842.